The summed E-state index contributed by atoms with van der Waals surface area (Å²) in [6.45, 7) is 1.60. The van der Waals surface area contributed by atoms with E-state index in [1.54, 1.807) is 18.3 Å². The predicted molar refractivity (Wildman–Crippen MR) is 87.2 cm³/mol. The van der Waals surface area contributed by atoms with E-state index in [-0.39, 0.29) is 5.88 Å². The maximum atomic E-state index is 13.4. The molecule has 3 heterocycles. The van der Waals surface area contributed by atoms with Crippen LogP contribution in [0.25, 0.3) is 5.82 Å². The summed E-state index contributed by atoms with van der Waals surface area (Å²) in [5.41, 5.74) is 2.13. The first-order valence-corrected chi connectivity index (χ1v) is 7.98. The Kier molecular flexibility index (Phi) is 3.93. The smallest absolute Gasteiger partial charge is 0.219 e. The highest BCUT2D eigenvalue weighted by Crippen LogP contribution is 2.29. The number of hydrogen-bond acceptors (Lipinski definition) is 4. The van der Waals surface area contributed by atoms with E-state index in [0.29, 0.717) is 37.4 Å². The summed E-state index contributed by atoms with van der Waals surface area (Å²) in [5, 5.41) is 14.9. The lowest BCUT2D eigenvalue weighted by Gasteiger charge is -2.25. The van der Waals surface area contributed by atoms with Crippen molar-refractivity contribution in [2.45, 2.75) is 19.5 Å². The molecule has 0 amide bonds. The van der Waals surface area contributed by atoms with Crippen LogP contribution >= 0.6 is 0 Å². The molecule has 25 heavy (non-hydrogen) atoms. The molecule has 0 saturated carbocycles. The molecule has 0 saturated heterocycles. The molecule has 0 unspecified atom stereocenters. The molecule has 0 radical (unpaired) electrons. The molecule has 0 spiro atoms. The number of pyridine rings is 1. The molecular formula is C18H16F2N4O. The second-order valence-electron chi connectivity index (χ2n) is 6.09. The zero-order valence-corrected chi connectivity index (χ0v) is 13.4. The van der Waals surface area contributed by atoms with Gasteiger partial charge in [0.25, 0.3) is 0 Å². The summed E-state index contributed by atoms with van der Waals surface area (Å²) in [6, 6.07) is 8.93. The van der Waals surface area contributed by atoms with E-state index in [4.69, 9.17) is 0 Å². The number of benzene rings is 1. The summed E-state index contributed by atoms with van der Waals surface area (Å²) < 4.78 is 28.1. The van der Waals surface area contributed by atoms with Gasteiger partial charge in [0, 0.05) is 37.5 Å². The Morgan fingerprint density at radius 2 is 1.92 bits per heavy atom. The third-order valence-electron chi connectivity index (χ3n) is 4.29. The quantitative estimate of drug-likeness (QED) is 0.795. The molecule has 1 aliphatic rings. The Bertz CT molecular complexity index is 891. The normalized spacial score (nSPS) is 14.5. The Morgan fingerprint density at radius 3 is 2.64 bits per heavy atom. The van der Waals surface area contributed by atoms with Gasteiger partial charge in [-0.25, -0.2) is 13.8 Å². The van der Waals surface area contributed by atoms with Gasteiger partial charge in [-0.05, 0) is 36.2 Å². The van der Waals surface area contributed by atoms with Crippen molar-refractivity contribution < 1.29 is 13.9 Å². The van der Waals surface area contributed by atoms with Crippen LogP contribution in [-0.4, -0.2) is 31.3 Å². The number of halogens is 2. The van der Waals surface area contributed by atoms with Crippen LogP contribution in [0.5, 0.6) is 5.88 Å². The number of hydrogen-bond donors (Lipinski definition) is 1. The SMILES string of the molecule is Oc1c2c(nn1-c1ccccn1)CN(Cc1cc(F)cc(F)c1)CC2. The first-order chi connectivity index (χ1) is 12.1. The second-order valence-corrected chi connectivity index (χ2v) is 6.09. The average molecular weight is 342 g/mol. The molecule has 1 aliphatic heterocycles. The minimum absolute atomic E-state index is 0.102. The molecule has 0 aliphatic carbocycles. The minimum Gasteiger partial charge on any atom is -0.493 e. The molecule has 1 N–H and O–H groups in total. The van der Waals surface area contributed by atoms with Crippen molar-refractivity contribution in [3.8, 4) is 11.7 Å². The van der Waals surface area contributed by atoms with Crippen LogP contribution in [0.2, 0.25) is 0 Å². The van der Waals surface area contributed by atoms with E-state index >= 15 is 0 Å². The topological polar surface area (TPSA) is 54.2 Å². The van der Waals surface area contributed by atoms with E-state index < -0.39 is 11.6 Å². The van der Waals surface area contributed by atoms with Crippen LogP contribution in [0.4, 0.5) is 8.78 Å². The lowest BCUT2D eigenvalue weighted by atomic mass is 10.1. The standard InChI is InChI=1S/C18H16F2N4O/c19-13-7-12(8-14(20)9-13)10-23-6-4-15-16(11-23)22-24(18(15)25)17-3-1-2-5-21-17/h1-3,5,7-9,25H,4,6,10-11H2. The third kappa shape index (κ3) is 3.10. The highest BCUT2D eigenvalue weighted by Gasteiger charge is 2.25. The molecule has 0 atom stereocenters. The van der Waals surface area contributed by atoms with Gasteiger partial charge in [0.2, 0.25) is 5.88 Å². The van der Waals surface area contributed by atoms with Crippen molar-refractivity contribution in [3.05, 3.63) is 71.1 Å². The predicted octanol–water partition coefficient (Wildman–Crippen LogP) is 2.81. The Hall–Kier alpha value is -2.80. The second kappa shape index (κ2) is 6.25. The van der Waals surface area contributed by atoms with Crippen molar-refractivity contribution >= 4 is 0 Å². The van der Waals surface area contributed by atoms with E-state index in [0.717, 1.165) is 17.3 Å². The van der Waals surface area contributed by atoms with Gasteiger partial charge in [0.1, 0.15) is 11.6 Å². The van der Waals surface area contributed by atoms with Crippen LogP contribution in [0, 0.1) is 11.6 Å². The van der Waals surface area contributed by atoms with E-state index in [9.17, 15) is 13.9 Å². The molecule has 3 aromatic rings. The van der Waals surface area contributed by atoms with Crippen LogP contribution in [0.1, 0.15) is 16.8 Å². The van der Waals surface area contributed by atoms with Crippen LogP contribution in [0.15, 0.2) is 42.6 Å². The van der Waals surface area contributed by atoms with Gasteiger partial charge in [-0.1, -0.05) is 6.07 Å². The zero-order chi connectivity index (χ0) is 17.4. The zero-order valence-electron chi connectivity index (χ0n) is 13.4. The minimum atomic E-state index is -0.579. The Labute approximate surface area is 143 Å². The summed E-state index contributed by atoms with van der Waals surface area (Å²) >= 11 is 0. The average Bonchev–Trinajstić information content (AvgIpc) is 2.91. The molecule has 2 aromatic heterocycles. The monoisotopic (exact) mass is 342 g/mol. The summed E-state index contributed by atoms with van der Waals surface area (Å²) in [6.07, 6.45) is 2.26. The first-order valence-electron chi connectivity index (χ1n) is 7.98. The third-order valence-corrected chi connectivity index (χ3v) is 4.29. The fraction of sp³-hybridized carbons (Fsp3) is 0.222. The molecular weight excluding hydrogens is 326 g/mol. The molecule has 1 aromatic carbocycles. The molecule has 0 fully saturated rings. The largest absolute Gasteiger partial charge is 0.493 e. The lowest BCUT2D eigenvalue weighted by Crippen LogP contribution is -2.29. The van der Waals surface area contributed by atoms with Crippen molar-refractivity contribution in [1.29, 1.82) is 0 Å². The number of aromatic hydroxyl groups is 1. The Morgan fingerprint density at radius 1 is 1.12 bits per heavy atom. The maximum Gasteiger partial charge on any atom is 0.219 e. The molecule has 7 heteroatoms. The summed E-state index contributed by atoms with van der Waals surface area (Å²) in [5.74, 6) is -0.507. The number of rotatable bonds is 3. The number of aromatic nitrogens is 3. The van der Waals surface area contributed by atoms with Crippen LogP contribution in [0.3, 0.4) is 0 Å². The van der Waals surface area contributed by atoms with E-state index in [2.05, 4.69) is 10.1 Å². The number of fused-ring (bicyclic) bond motifs is 1. The maximum absolute atomic E-state index is 13.4. The van der Waals surface area contributed by atoms with Crippen molar-refractivity contribution in [2.75, 3.05) is 6.54 Å². The first kappa shape index (κ1) is 15.7. The van der Waals surface area contributed by atoms with Gasteiger partial charge in [0.05, 0.1) is 5.69 Å². The van der Waals surface area contributed by atoms with Gasteiger partial charge >= 0.3 is 0 Å². The number of nitrogens with zero attached hydrogens (tertiary/aromatic N) is 4. The molecule has 5 nitrogen and oxygen atoms in total. The van der Waals surface area contributed by atoms with Crippen molar-refractivity contribution in [2.24, 2.45) is 0 Å². The van der Waals surface area contributed by atoms with Gasteiger partial charge < -0.3 is 5.11 Å². The molecule has 128 valence electrons. The van der Waals surface area contributed by atoms with Gasteiger partial charge in [-0.15, -0.1) is 0 Å². The Balaban J connectivity index is 1.57. The fourth-order valence-electron chi connectivity index (χ4n) is 3.16. The van der Waals surface area contributed by atoms with Crippen LogP contribution in [-0.2, 0) is 19.5 Å². The van der Waals surface area contributed by atoms with Gasteiger partial charge in [-0.2, -0.15) is 9.78 Å². The lowest BCUT2D eigenvalue weighted by molar-refractivity contribution is 0.240. The van der Waals surface area contributed by atoms with Gasteiger partial charge in [-0.3, -0.25) is 4.90 Å². The van der Waals surface area contributed by atoms with Crippen molar-refractivity contribution in [3.63, 3.8) is 0 Å². The van der Waals surface area contributed by atoms with Crippen molar-refractivity contribution in [1.82, 2.24) is 19.7 Å². The highest BCUT2D eigenvalue weighted by molar-refractivity contribution is 5.38. The van der Waals surface area contributed by atoms with Gasteiger partial charge in [0.15, 0.2) is 5.82 Å². The molecule has 0 bridgehead atoms. The van der Waals surface area contributed by atoms with E-state index in [1.165, 1.54) is 16.8 Å². The van der Waals surface area contributed by atoms with E-state index in [1.807, 2.05) is 11.0 Å². The van der Waals surface area contributed by atoms with Crippen LogP contribution < -0.4 is 0 Å². The molecule has 4 rings (SSSR count). The summed E-state index contributed by atoms with van der Waals surface area (Å²) in [7, 11) is 0. The highest BCUT2D eigenvalue weighted by atomic mass is 19.1. The summed E-state index contributed by atoms with van der Waals surface area (Å²) in [4.78, 5) is 6.25. The fourth-order valence-corrected chi connectivity index (χ4v) is 3.16.